The number of carbonyl (C=O) groups excluding carboxylic acids is 1. The second-order valence-corrected chi connectivity index (χ2v) is 2.56. The largest absolute Gasteiger partial charge is 0.235 e. The fraction of sp³-hybridized carbons (Fsp3) is 0.167. The normalized spacial score (nSPS) is 9.17. The van der Waals surface area contributed by atoms with Crippen LogP contribution in [0.2, 0.25) is 10.3 Å². The van der Waals surface area contributed by atoms with Crippen LogP contribution in [0.3, 0.4) is 0 Å². The molecule has 0 aliphatic rings. The summed E-state index contributed by atoms with van der Waals surface area (Å²) < 4.78 is 0. The summed E-state index contributed by atoms with van der Waals surface area (Å²) in [6, 6.07) is 0. The molecule has 0 bridgehead atoms. The summed E-state index contributed by atoms with van der Waals surface area (Å²) in [5.74, 6) is 0. The van der Waals surface area contributed by atoms with Gasteiger partial charge in [0.25, 0.3) is 0 Å². The Morgan fingerprint density at radius 2 is 2.00 bits per heavy atom. The van der Waals surface area contributed by atoms with Crippen molar-refractivity contribution in [3.05, 3.63) is 22.2 Å². The Labute approximate surface area is 78.3 Å². The monoisotopic (exact) mass is 203 g/mol. The third-order valence-corrected chi connectivity index (χ3v) is 1.79. The van der Waals surface area contributed by atoms with Gasteiger partial charge in [-0.25, -0.2) is 19.8 Å². The average molecular weight is 204 g/mol. The van der Waals surface area contributed by atoms with Crippen LogP contribution in [0, 0.1) is 0 Å². The zero-order chi connectivity index (χ0) is 8.97. The first-order valence-electron chi connectivity index (χ1n) is 2.94. The van der Waals surface area contributed by atoms with Gasteiger partial charge in [-0.05, 0) is 0 Å². The highest BCUT2D eigenvalue weighted by Gasteiger charge is 2.06. The minimum atomic E-state index is 0.0575. The Morgan fingerprint density at radius 1 is 1.42 bits per heavy atom. The van der Waals surface area contributed by atoms with E-state index in [0.29, 0.717) is 5.56 Å². The molecule has 0 aliphatic carbocycles. The van der Waals surface area contributed by atoms with E-state index in [-0.39, 0.29) is 16.9 Å². The van der Waals surface area contributed by atoms with E-state index < -0.39 is 0 Å². The Kier molecular flexibility index (Phi) is 3.17. The Bertz CT molecular complexity index is 315. The van der Waals surface area contributed by atoms with Crippen LogP contribution in [-0.4, -0.2) is 16.0 Å². The summed E-state index contributed by atoms with van der Waals surface area (Å²) in [5, 5.41) is 0.406. The van der Waals surface area contributed by atoms with Gasteiger partial charge in [-0.2, -0.15) is 0 Å². The van der Waals surface area contributed by atoms with Gasteiger partial charge >= 0.3 is 0 Å². The maximum atomic E-state index is 9.78. The van der Waals surface area contributed by atoms with Crippen LogP contribution >= 0.6 is 23.2 Å². The zero-order valence-corrected chi connectivity index (χ0v) is 7.30. The molecule has 6 heteroatoms. The van der Waals surface area contributed by atoms with E-state index in [9.17, 15) is 4.79 Å². The first-order chi connectivity index (χ1) is 5.75. The van der Waals surface area contributed by atoms with Crippen molar-refractivity contribution in [1.82, 2.24) is 9.97 Å². The van der Waals surface area contributed by atoms with E-state index in [4.69, 9.17) is 23.2 Å². The topological polar surface area (TPSA) is 55.2 Å². The van der Waals surface area contributed by atoms with Crippen molar-refractivity contribution in [3.8, 4) is 0 Å². The molecule has 0 aromatic carbocycles. The summed E-state index contributed by atoms with van der Waals surface area (Å²) in [4.78, 5) is 20.4. The van der Waals surface area contributed by atoms with Gasteiger partial charge in [0.15, 0.2) is 0 Å². The first kappa shape index (κ1) is 9.13. The summed E-state index contributed by atoms with van der Waals surface area (Å²) in [6.45, 7) is 0.0575. The summed E-state index contributed by atoms with van der Waals surface area (Å²) in [6.07, 6.45) is 2.61. The zero-order valence-electron chi connectivity index (χ0n) is 5.79. The van der Waals surface area contributed by atoms with Gasteiger partial charge in [0.2, 0.25) is 6.08 Å². The highest BCUT2D eigenvalue weighted by molar-refractivity contribution is 6.34. The van der Waals surface area contributed by atoms with Gasteiger partial charge in [0, 0.05) is 5.56 Å². The van der Waals surface area contributed by atoms with E-state index in [2.05, 4.69) is 15.0 Å². The summed E-state index contributed by atoms with van der Waals surface area (Å²) in [5.41, 5.74) is 0.434. The van der Waals surface area contributed by atoms with Crippen LogP contribution in [0.15, 0.2) is 11.3 Å². The number of hydrogen-bond donors (Lipinski definition) is 0. The number of aromatic nitrogens is 2. The maximum Gasteiger partial charge on any atom is 0.235 e. The highest BCUT2D eigenvalue weighted by Crippen LogP contribution is 2.19. The van der Waals surface area contributed by atoms with E-state index >= 15 is 0 Å². The minimum absolute atomic E-state index is 0.0575. The van der Waals surface area contributed by atoms with Crippen LogP contribution < -0.4 is 0 Å². The van der Waals surface area contributed by atoms with Gasteiger partial charge in [-0.15, -0.1) is 0 Å². The lowest BCUT2D eigenvalue weighted by Crippen LogP contribution is -1.91. The predicted molar refractivity (Wildman–Crippen MR) is 43.9 cm³/mol. The standard InChI is InChI=1S/C6H3Cl2N3O/c7-5-4(1-9-3-12)6(8)11-2-10-5/h2H,1H2. The molecule has 0 fully saturated rings. The number of nitrogens with zero attached hydrogens (tertiary/aromatic N) is 3. The molecule has 1 heterocycles. The maximum absolute atomic E-state index is 9.78. The SMILES string of the molecule is O=C=NCc1c(Cl)ncnc1Cl. The van der Waals surface area contributed by atoms with E-state index in [0.717, 1.165) is 0 Å². The molecule has 4 nitrogen and oxygen atoms in total. The number of rotatable bonds is 2. The molecule has 1 aromatic heterocycles. The van der Waals surface area contributed by atoms with Gasteiger partial charge in [0.05, 0.1) is 6.54 Å². The molecular weight excluding hydrogens is 201 g/mol. The van der Waals surface area contributed by atoms with Gasteiger partial charge in [0.1, 0.15) is 16.6 Å². The third kappa shape index (κ3) is 2.01. The van der Waals surface area contributed by atoms with Crippen LogP contribution in [0.1, 0.15) is 5.56 Å². The highest BCUT2D eigenvalue weighted by atomic mass is 35.5. The van der Waals surface area contributed by atoms with Crippen LogP contribution in [0.5, 0.6) is 0 Å². The molecule has 0 unspecified atom stereocenters. The summed E-state index contributed by atoms with van der Waals surface area (Å²) >= 11 is 11.3. The van der Waals surface area contributed by atoms with E-state index in [1.807, 2.05) is 0 Å². The van der Waals surface area contributed by atoms with E-state index in [1.54, 1.807) is 0 Å². The van der Waals surface area contributed by atoms with Crippen molar-refractivity contribution < 1.29 is 4.79 Å². The third-order valence-electron chi connectivity index (χ3n) is 1.14. The van der Waals surface area contributed by atoms with Crippen LogP contribution in [0.4, 0.5) is 0 Å². The number of aliphatic imine (C=N–C) groups is 1. The number of halogens is 2. The molecule has 0 radical (unpaired) electrons. The van der Waals surface area contributed by atoms with Gasteiger partial charge in [-0.1, -0.05) is 23.2 Å². The molecule has 1 aromatic rings. The van der Waals surface area contributed by atoms with Crippen molar-refractivity contribution >= 4 is 29.3 Å². The molecule has 12 heavy (non-hydrogen) atoms. The van der Waals surface area contributed by atoms with Crippen molar-refractivity contribution in [3.63, 3.8) is 0 Å². The fourth-order valence-corrected chi connectivity index (χ4v) is 1.05. The molecule has 0 spiro atoms. The first-order valence-corrected chi connectivity index (χ1v) is 3.70. The molecule has 1 rings (SSSR count). The van der Waals surface area contributed by atoms with Crippen molar-refractivity contribution in [2.24, 2.45) is 4.99 Å². The molecule has 0 amide bonds. The molecule has 0 atom stereocenters. The number of isocyanates is 1. The van der Waals surface area contributed by atoms with E-state index in [1.165, 1.54) is 12.4 Å². The van der Waals surface area contributed by atoms with Crippen LogP contribution in [-0.2, 0) is 11.3 Å². The van der Waals surface area contributed by atoms with Gasteiger partial charge < -0.3 is 0 Å². The fourth-order valence-electron chi connectivity index (χ4n) is 0.613. The number of hydrogen-bond acceptors (Lipinski definition) is 4. The molecule has 0 aliphatic heterocycles. The second-order valence-electron chi connectivity index (χ2n) is 1.84. The molecule has 62 valence electrons. The van der Waals surface area contributed by atoms with Crippen molar-refractivity contribution in [2.45, 2.75) is 6.54 Å². The smallest absolute Gasteiger partial charge is 0.224 e. The average Bonchev–Trinajstić information content (AvgIpc) is 2.04. The Morgan fingerprint density at radius 3 is 2.50 bits per heavy atom. The lowest BCUT2D eigenvalue weighted by molar-refractivity contribution is 0.562. The quantitative estimate of drug-likeness (QED) is 0.417. The molecule has 0 saturated carbocycles. The molecular formula is C6H3Cl2N3O. The van der Waals surface area contributed by atoms with Gasteiger partial charge in [-0.3, -0.25) is 0 Å². The molecule has 0 N–H and O–H groups in total. The minimum Gasteiger partial charge on any atom is -0.224 e. The Balaban J connectivity index is 3.03. The van der Waals surface area contributed by atoms with Crippen molar-refractivity contribution in [2.75, 3.05) is 0 Å². The lowest BCUT2D eigenvalue weighted by Gasteiger charge is -1.98. The Hall–Kier alpha value is -0.960. The summed E-state index contributed by atoms with van der Waals surface area (Å²) in [7, 11) is 0. The van der Waals surface area contributed by atoms with Crippen LogP contribution in [0.25, 0.3) is 0 Å². The molecule has 0 saturated heterocycles. The second kappa shape index (κ2) is 4.16. The van der Waals surface area contributed by atoms with Crippen molar-refractivity contribution in [1.29, 1.82) is 0 Å². The predicted octanol–water partition coefficient (Wildman–Crippen LogP) is 1.62. The lowest BCUT2D eigenvalue weighted by atomic mass is 10.3.